The first-order chi connectivity index (χ1) is 18.6. The van der Waals surface area contributed by atoms with E-state index >= 15 is 0 Å². The van der Waals surface area contributed by atoms with Gasteiger partial charge in [-0.1, -0.05) is 36.4 Å². The highest BCUT2D eigenvalue weighted by Crippen LogP contribution is 2.29. The van der Waals surface area contributed by atoms with E-state index in [1.165, 1.54) is 12.1 Å². The summed E-state index contributed by atoms with van der Waals surface area (Å²) >= 11 is 5.43. The third-order valence-corrected chi connectivity index (χ3v) is 6.54. The molecule has 10 heteroatoms. The Labute approximate surface area is 228 Å². The lowest BCUT2D eigenvalue weighted by Crippen LogP contribution is -2.25. The summed E-state index contributed by atoms with van der Waals surface area (Å²) in [4.78, 5) is 4.58. The molecule has 0 aliphatic heterocycles. The van der Waals surface area contributed by atoms with Crippen LogP contribution in [0.4, 0.5) is 18.9 Å². The zero-order valence-electron chi connectivity index (χ0n) is 21.3. The second kappa shape index (κ2) is 10.4. The van der Waals surface area contributed by atoms with Crippen LogP contribution in [0.25, 0.3) is 27.5 Å². The number of fused-ring (bicyclic) bond motifs is 3. The summed E-state index contributed by atoms with van der Waals surface area (Å²) in [6.07, 6.45) is -3.08. The molecular formula is C29H24F3N5OS. The van der Waals surface area contributed by atoms with Gasteiger partial charge in [0.2, 0.25) is 0 Å². The van der Waals surface area contributed by atoms with Crippen LogP contribution < -0.4 is 15.5 Å². The third-order valence-electron chi connectivity index (χ3n) is 6.34. The fourth-order valence-corrected chi connectivity index (χ4v) is 4.55. The molecule has 1 aromatic heterocycles. The summed E-state index contributed by atoms with van der Waals surface area (Å²) in [6.45, 7) is 5.94. The fraction of sp³-hybridized carbons (Fsp3) is 0.138. The average Bonchev–Trinajstić information content (AvgIpc) is 3.33. The zero-order valence-corrected chi connectivity index (χ0v) is 22.1. The van der Waals surface area contributed by atoms with Gasteiger partial charge in [0.1, 0.15) is 12.1 Å². The van der Waals surface area contributed by atoms with Crippen molar-refractivity contribution in [2.24, 2.45) is 5.10 Å². The van der Waals surface area contributed by atoms with E-state index < -0.39 is 6.36 Å². The molecule has 198 valence electrons. The maximum absolute atomic E-state index is 12.5. The highest BCUT2D eigenvalue weighted by atomic mass is 32.1. The van der Waals surface area contributed by atoms with Crippen molar-refractivity contribution in [1.29, 1.82) is 0 Å². The summed E-state index contributed by atoms with van der Waals surface area (Å²) in [7, 11) is 0. The topological polar surface area (TPSA) is 63.5 Å². The van der Waals surface area contributed by atoms with Crippen molar-refractivity contribution < 1.29 is 17.9 Å². The van der Waals surface area contributed by atoms with E-state index in [4.69, 9.17) is 12.2 Å². The van der Waals surface area contributed by atoms with Crippen LogP contribution in [-0.4, -0.2) is 26.7 Å². The Kier molecular flexibility index (Phi) is 6.96. The Hall–Kier alpha value is -4.44. The van der Waals surface area contributed by atoms with Crippen molar-refractivity contribution in [2.45, 2.75) is 27.1 Å². The monoisotopic (exact) mass is 547 g/mol. The minimum absolute atomic E-state index is 0.276. The quantitative estimate of drug-likeness (QED) is 0.136. The molecule has 0 atom stereocenters. The maximum Gasteiger partial charge on any atom is 0.573 e. The number of anilines is 1. The SMILES string of the molecule is C/C(=N\NC(=S)Nc1c(C)cccc1C)c1ccc2c(ccc3c2ncn3-c2ccc(OC(F)(F)F)cc2)c1. The van der Waals surface area contributed by atoms with Crippen molar-refractivity contribution in [3.05, 3.63) is 95.8 Å². The summed E-state index contributed by atoms with van der Waals surface area (Å²) < 4.78 is 43.2. The molecule has 5 rings (SSSR count). The van der Waals surface area contributed by atoms with Gasteiger partial charge in [-0.15, -0.1) is 13.2 Å². The number of imidazole rings is 1. The minimum Gasteiger partial charge on any atom is -0.406 e. The first-order valence-corrected chi connectivity index (χ1v) is 12.4. The van der Waals surface area contributed by atoms with Gasteiger partial charge >= 0.3 is 6.36 Å². The van der Waals surface area contributed by atoms with Crippen molar-refractivity contribution >= 4 is 50.5 Å². The van der Waals surface area contributed by atoms with Crippen LogP contribution in [0.3, 0.4) is 0 Å². The molecule has 0 saturated carbocycles. The van der Waals surface area contributed by atoms with E-state index in [0.29, 0.717) is 10.8 Å². The normalized spacial score (nSPS) is 12.1. The van der Waals surface area contributed by atoms with E-state index in [0.717, 1.165) is 49.9 Å². The van der Waals surface area contributed by atoms with E-state index in [2.05, 4.69) is 25.6 Å². The van der Waals surface area contributed by atoms with Crippen LogP contribution in [0.15, 0.2) is 84.2 Å². The van der Waals surface area contributed by atoms with Crippen molar-refractivity contribution in [3.63, 3.8) is 0 Å². The summed E-state index contributed by atoms with van der Waals surface area (Å²) in [5.41, 5.74) is 10.0. The molecule has 0 saturated heterocycles. The molecule has 1 heterocycles. The number of hydrazone groups is 1. The zero-order chi connectivity index (χ0) is 27.7. The molecule has 0 unspecified atom stereocenters. The van der Waals surface area contributed by atoms with Gasteiger partial charge in [-0.25, -0.2) is 4.98 Å². The van der Waals surface area contributed by atoms with Crippen LogP contribution >= 0.6 is 12.2 Å². The average molecular weight is 548 g/mol. The number of hydrogen-bond donors (Lipinski definition) is 2. The Morgan fingerprint density at radius 2 is 1.69 bits per heavy atom. The first kappa shape index (κ1) is 26.2. The summed E-state index contributed by atoms with van der Waals surface area (Å²) in [5.74, 6) is -0.276. The largest absolute Gasteiger partial charge is 0.573 e. The third kappa shape index (κ3) is 5.70. The lowest BCUT2D eigenvalue weighted by atomic mass is 10.0. The molecule has 5 aromatic rings. The minimum atomic E-state index is -4.73. The van der Waals surface area contributed by atoms with Gasteiger partial charge in [0, 0.05) is 16.8 Å². The number of para-hydroxylation sites is 1. The lowest BCUT2D eigenvalue weighted by molar-refractivity contribution is -0.274. The van der Waals surface area contributed by atoms with Crippen LogP contribution in [0, 0.1) is 13.8 Å². The van der Waals surface area contributed by atoms with E-state index in [1.54, 1.807) is 18.5 Å². The van der Waals surface area contributed by atoms with Gasteiger partial charge in [-0.2, -0.15) is 5.10 Å². The number of nitrogens with one attached hydrogen (secondary N) is 2. The Bertz CT molecular complexity index is 1710. The first-order valence-electron chi connectivity index (χ1n) is 12.0. The molecule has 0 bridgehead atoms. The van der Waals surface area contributed by atoms with Crippen molar-refractivity contribution in [3.8, 4) is 11.4 Å². The standard InChI is InChI=1S/C29H24F3N5OS/c1-17-5-4-6-18(2)26(17)34-28(39)36-35-19(3)20-7-13-24-21(15-20)8-14-25-27(24)33-16-37(25)22-9-11-23(12-10-22)38-29(30,31)32/h4-16H,1-3H3,(H2,34,36,39)/b35-19+. The molecule has 0 aliphatic carbocycles. The fourth-order valence-electron chi connectivity index (χ4n) is 4.40. The second-order valence-corrected chi connectivity index (χ2v) is 9.46. The van der Waals surface area contributed by atoms with E-state index in [1.807, 2.05) is 73.9 Å². The Morgan fingerprint density at radius 3 is 2.38 bits per heavy atom. The number of nitrogens with zero attached hydrogens (tertiary/aromatic N) is 3. The maximum atomic E-state index is 12.5. The van der Waals surface area contributed by atoms with Crippen LogP contribution in [-0.2, 0) is 0 Å². The number of benzene rings is 4. The molecule has 4 aromatic carbocycles. The summed E-state index contributed by atoms with van der Waals surface area (Å²) in [5, 5.41) is 9.99. The highest BCUT2D eigenvalue weighted by Gasteiger charge is 2.31. The molecule has 6 nitrogen and oxygen atoms in total. The number of hydrogen-bond acceptors (Lipinski definition) is 4. The predicted octanol–water partition coefficient (Wildman–Crippen LogP) is 7.40. The highest BCUT2D eigenvalue weighted by molar-refractivity contribution is 7.80. The van der Waals surface area contributed by atoms with Crippen molar-refractivity contribution in [1.82, 2.24) is 15.0 Å². The lowest BCUT2D eigenvalue weighted by Gasteiger charge is -2.13. The van der Waals surface area contributed by atoms with Gasteiger partial charge < -0.3 is 10.1 Å². The molecule has 39 heavy (non-hydrogen) atoms. The van der Waals surface area contributed by atoms with Gasteiger partial charge in [0.25, 0.3) is 0 Å². The van der Waals surface area contributed by atoms with Crippen molar-refractivity contribution in [2.75, 3.05) is 5.32 Å². The molecule has 0 amide bonds. The number of aromatic nitrogens is 2. The number of ether oxygens (including phenoxy) is 1. The van der Waals surface area contributed by atoms with Crippen LogP contribution in [0.5, 0.6) is 5.75 Å². The molecule has 0 spiro atoms. The van der Waals surface area contributed by atoms with Gasteiger partial charge in [0.15, 0.2) is 5.11 Å². The number of thiocarbonyl (C=S) groups is 1. The van der Waals surface area contributed by atoms with Crippen LogP contribution in [0.2, 0.25) is 0 Å². The Balaban J connectivity index is 1.36. The predicted molar refractivity (Wildman–Crippen MR) is 153 cm³/mol. The second-order valence-electron chi connectivity index (χ2n) is 9.06. The molecular weight excluding hydrogens is 523 g/mol. The van der Waals surface area contributed by atoms with Crippen LogP contribution in [0.1, 0.15) is 23.6 Å². The van der Waals surface area contributed by atoms with Gasteiger partial charge in [-0.3, -0.25) is 9.99 Å². The summed E-state index contributed by atoms with van der Waals surface area (Å²) in [6, 6.07) is 21.6. The number of alkyl halides is 3. The molecule has 0 aliphatic rings. The molecule has 0 fully saturated rings. The van der Waals surface area contributed by atoms with E-state index in [-0.39, 0.29) is 5.75 Å². The number of halogens is 3. The van der Waals surface area contributed by atoms with E-state index in [9.17, 15) is 13.2 Å². The molecule has 0 radical (unpaired) electrons. The van der Waals surface area contributed by atoms with Gasteiger partial charge in [-0.05, 0) is 91.5 Å². The van der Waals surface area contributed by atoms with Gasteiger partial charge in [0.05, 0.1) is 16.7 Å². The Morgan fingerprint density at radius 1 is 0.974 bits per heavy atom. The molecule has 2 N–H and O–H groups in total. The number of aryl methyl sites for hydroxylation is 2. The number of rotatable bonds is 5. The smallest absolute Gasteiger partial charge is 0.406 e.